The van der Waals surface area contributed by atoms with Crippen molar-refractivity contribution in [3.05, 3.63) is 30.0 Å². The summed E-state index contributed by atoms with van der Waals surface area (Å²) in [6.07, 6.45) is 1.39. The molecule has 0 aliphatic rings. The van der Waals surface area contributed by atoms with E-state index in [-0.39, 0.29) is 17.3 Å². The monoisotopic (exact) mass is 302 g/mol. The first kappa shape index (κ1) is 15.6. The highest BCUT2D eigenvalue weighted by molar-refractivity contribution is 5.98. The smallest absolute Gasteiger partial charge is 0.256 e. The van der Waals surface area contributed by atoms with E-state index in [0.717, 1.165) is 0 Å². The number of nitrogen functional groups attached to an aromatic ring is 1. The lowest BCUT2D eigenvalue weighted by atomic mass is 10.1. The van der Waals surface area contributed by atoms with E-state index in [2.05, 4.69) is 15.3 Å². The summed E-state index contributed by atoms with van der Waals surface area (Å²) in [5.74, 6) is 1.26. The zero-order valence-electron chi connectivity index (χ0n) is 12.7. The summed E-state index contributed by atoms with van der Waals surface area (Å²) >= 11 is 0. The molecular formula is C15H18N4O3. The van der Waals surface area contributed by atoms with Crippen LogP contribution in [0.3, 0.4) is 0 Å². The van der Waals surface area contributed by atoms with Crippen LogP contribution in [-0.2, 0) is 0 Å². The molecule has 7 nitrogen and oxygen atoms in total. The van der Waals surface area contributed by atoms with Gasteiger partial charge in [-0.1, -0.05) is 6.07 Å². The van der Waals surface area contributed by atoms with Gasteiger partial charge in [0.2, 0.25) is 0 Å². The molecule has 0 aliphatic heterocycles. The molecule has 0 aliphatic carbocycles. The molecule has 0 saturated carbocycles. The van der Waals surface area contributed by atoms with Gasteiger partial charge in [0.05, 0.1) is 24.8 Å². The Bertz CT molecular complexity index is 688. The minimum absolute atomic E-state index is 0.106. The number of nitrogens with two attached hydrogens (primary N) is 1. The van der Waals surface area contributed by atoms with Gasteiger partial charge in [-0.15, -0.1) is 0 Å². The van der Waals surface area contributed by atoms with Crippen molar-refractivity contribution in [1.82, 2.24) is 15.3 Å². The van der Waals surface area contributed by atoms with E-state index < -0.39 is 0 Å². The second kappa shape index (κ2) is 6.75. The van der Waals surface area contributed by atoms with Gasteiger partial charge in [0.25, 0.3) is 5.91 Å². The third-order valence-corrected chi connectivity index (χ3v) is 3.02. The Kier molecular flexibility index (Phi) is 4.77. The average Bonchev–Trinajstić information content (AvgIpc) is 2.54. The first-order valence-electron chi connectivity index (χ1n) is 6.77. The number of nitrogens with zero attached hydrogens (tertiary/aromatic N) is 2. The van der Waals surface area contributed by atoms with Crippen molar-refractivity contribution in [1.29, 1.82) is 0 Å². The number of aromatic nitrogens is 2. The van der Waals surface area contributed by atoms with Crippen LogP contribution in [0.25, 0.3) is 11.4 Å². The van der Waals surface area contributed by atoms with Crippen LogP contribution in [-0.4, -0.2) is 36.6 Å². The number of ether oxygens (including phenoxy) is 2. The summed E-state index contributed by atoms with van der Waals surface area (Å²) < 4.78 is 10.9. The number of carbonyl (C=O) groups is 1. The van der Waals surface area contributed by atoms with Gasteiger partial charge in [0, 0.05) is 13.2 Å². The van der Waals surface area contributed by atoms with E-state index in [9.17, 15) is 4.79 Å². The highest BCUT2D eigenvalue weighted by atomic mass is 16.5. The number of benzene rings is 1. The molecule has 3 N–H and O–H groups in total. The summed E-state index contributed by atoms with van der Waals surface area (Å²) in [6, 6.07) is 5.40. The van der Waals surface area contributed by atoms with E-state index in [1.165, 1.54) is 13.2 Å². The molecule has 0 saturated heterocycles. The van der Waals surface area contributed by atoms with Crippen molar-refractivity contribution in [3.63, 3.8) is 0 Å². The maximum atomic E-state index is 11.6. The van der Waals surface area contributed by atoms with Crippen LogP contribution in [0.1, 0.15) is 17.3 Å². The number of hydrogen-bond donors (Lipinski definition) is 2. The fourth-order valence-electron chi connectivity index (χ4n) is 1.98. The third kappa shape index (κ3) is 2.93. The Hall–Kier alpha value is -2.83. The van der Waals surface area contributed by atoms with E-state index in [1.807, 2.05) is 19.1 Å². The number of carbonyl (C=O) groups excluding carboxylic acids is 1. The molecule has 0 atom stereocenters. The van der Waals surface area contributed by atoms with Crippen molar-refractivity contribution in [2.24, 2.45) is 0 Å². The lowest BCUT2D eigenvalue weighted by molar-refractivity contribution is 0.0963. The van der Waals surface area contributed by atoms with Crippen molar-refractivity contribution in [3.8, 4) is 22.9 Å². The molecule has 22 heavy (non-hydrogen) atoms. The number of rotatable bonds is 5. The SMILES string of the molecule is CCOc1c(OC)cccc1-c1ncc(C(=O)NC)c(N)n1. The summed E-state index contributed by atoms with van der Waals surface area (Å²) in [5.41, 5.74) is 6.72. The van der Waals surface area contributed by atoms with E-state index in [0.29, 0.717) is 29.5 Å². The second-order valence-corrected chi connectivity index (χ2v) is 4.34. The van der Waals surface area contributed by atoms with Crippen LogP contribution < -0.4 is 20.5 Å². The van der Waals surface area contributed by atoms with Gasteiger partial charge in [-0.05, 0) is 19.1 Å². The molecule has 0 spiro atoms. The molecule has 1 aromatic carbocycles. The van der Waals surface area contributed by atoms with E-state index in [1.54, 1.807) is 13.2 Å². The zero-order valence-corrected chi connectivity index (χ0v) is 12.7. The minimum Gasteiger partial charge on any atom is -0.493 e. The van der Waals surface area contributed by atoms with Crippen LogP contribution in [0.2, 0.25) is 0 Å². The van der Waals surface area contributed by atoms with Crippen LogP contribution in [0.4, 0.5) is 5.82 Å². The summed E-state index contributed by atoms with van der Waals surface area (Å²) in [7, 11) is 3.08. The van der Waals surface area contributed by atoms with Crippen LogP contribution in [0.15, 0.2) is 24.4 Å². The van der Waals surface area contributed by atoms with E-state index >= 15 is 0 Å². The Morgan fingerprint density at radius 1 is 1.41 bits per heavy atom. The molecule has 7 heteroatoms. The third-order valence-electron chi connectivity index (χ3n) is 3.02. The first-order chi connectivity index (χ1) is 10.6. The fraction of sp³-hybridized carbons (Fsp3) is 0.267. The first-order valence-corrected chi connectivity index (χ1v) is 6.77. The molecule has 116 valence electrons. The molecule has 0 bridgehead atoms. The molecule has 1 aromatic heterocycles. The summed E-state index contributed by atoms with van der Waals surface area (Å²) in [4.78, 5) is 20.0. The Balaban J connectivity index is 2.52. The van der Waals surface area contributed by atoms with Gasteiger partial charge in [-0.2, -0.15) is 0 Å². The molecule has 2 aromatic rings. The highest BCUT2D eigenvalue weighted by Gasteiger charge is 2.17. The van der Waals surface area contributed by atoms with Gasteiger partial charge in [0.15, 0.2) is 17.3 Å². The number of hydrogen-bond acceptors (Lipinski definition) is 6. The van der Waals surface area contributed by atoms with E-state index in [4.69, 9.17) is 15.2 Å². The summed E-state index contributed by atoms with van der Waals surface area (Å²) in [5, 5.41) is 2.49. The standard InChI is InChI=1S/C15H18N4O3/c1-4-22-12-9(6-5-7-11(12)21-3)14-18-8-10(13(16)19-14)15(20)17-2/h5-8H,4H2,1-3H3,(H,17,20)(H2,16,18,19). The van der Waals surface area contributed by atoms with Gasteiger partial charge in [0.1, 0.15) is 5.82 Å². The maximum Gasteiger partial charge on any atom is 0.256 e. The van der Waals surface area contributed by atoms with Crippen molar-refractivity contribution in [2.45, 2.75) is 6.92 Å². The Morgan fingerprint density at radius 2 is 2.18 bits per heavy atom. The predicted molar refractivity (Wildman–Crippen MR) is 83.0 cm³/mol. The van der Waals surface area contributed by atoms with Crippen molar-refractivity contribution >= 4 is 11.7 Å². The van der Waals surface area contributed by atoms with Crippen LogP contribution >= 0.6 is 0 Å². The number of para-hydroxylation sites is 1. The van der Waals surface area contributed by atoms with Gasteiger partial charge >= 0.3 is 0 Å². The van der Waals surface area contributed by atoms with Crippen LogP contribution in [0, 0.1) is 0 Å². The minimum atomic E-state index is -0.334. The van der Waals surface area contributed by atoms with Crippen molar-refractivity contribution in [2.75, 3.05) is 26.5 Å². The lowest BCUT2D eigenvalue weighted by Crippen LogP contribution is -2.20. The topological polar surface area (TPSA) is 99.4 Å². The average molecular weight is 302 g/mol. The van der Waals surface area contributed by atoms with Crippen molar-refractivity contribution < 1.29 is 14.3 Å². The number of methoxy groups -OCH3 is 1. The Morgan fingerprint density at radius 3 is 2.77 bits per heavy atom. The fourth-order valence-corrected chi connectivity index (χ4v) is 1.98. The lowest BCUT2D eigenvalue weighted by Gasteiger charge is -2.13. The predicted octanol–water partition coefficient (Wildman–Crippen LogP) is 1.49. The molecule has 0 unspecified atom stereocenters. The quantitative estimate of drug-likeness (QED) is 0.868. The molecular weight excluding hydrogens is 284 g/mol. The second-order valence-electron chi connectivity index (χ2n) is 4.34. The zero-order chi connectivity index (χ0) is 16.1. The summed E-state index contributed by atoms with van der Waals surface area (Å²) in [6.45, 7) is 2.35. The molecule has 0 fully saturated rings. The number of amides is 1. The van der Waals surface area contributed by atoms with Gasteiger partial charge < -0.3 is 20.5 Å². The van der Waals surface area contributed by atoms with Crippen LogP contribution in [0.5, 0.6) is 11.5 Å². The van der Waals surface area contributed by atoms with Gasteiger partial charge in [-0.25, -0.2) is 9.97 Å². The van der Waals surface area contributed by atoms with Gasteiger partial charge in [-0.3, -0.25) is 4.79 Å². The normalized spacial score (nSPS) is 10.1. The number of nitrogens with one attached hydrogen (secondary N) is 1. The molecule has 1 amide bonds. The molecule has 2 rings (SSSR count). The maximum absolute atomic E-state index is 11.6. The molecule has 1 heterocycles. The highest BCUT2D eigenvalue weighted by Crippen LogP contribution is 2.36. The Labute approximate surface area is 128 Å². The largest absolute Gasteiger partial charge is 0.493 e. The number of anilines is 1. The molecule has 0 radical (unpaired) electrons.